The second-order valence-corrected chi connectivity index (χ2v) is 5.18. The van der Waals surface area contributed by atoms with Crippen LogP contribution < -0.4 is 4.74 Å². The largest absolute Gasteiger partial charge is 0.464 e. The third kappa shape index (κ3) is 2.87. The Morgan fingerprint density at radius 1 is 1.10 bits per heavy atom. The SMILES string of the molecule is OC[C@H]1O[C@H](Oc2cccc3ccccc23)C[C@@H](O)[C@H]1O. The van der Waals surface area contributed by atoms with Gasteiger partial charge in [0.15, 0.2) is 0 Å². The van der Waals surface area contributed by atoms with Gasteiger partial charge in [-0.2, -0.15) is 0 Å². The lowest BCUT2D eigenvalue weighted by molar-refractivity contribution is -0.229. The Kier molecular flexibility index (Phi) is 4.07. The van der Waals surface area contributed by atoms with Crippen molar-refractivity contribution in [3.05, 3.63) is 42.5 Å². The zero-order valence-corrected chi connectivity index (χ0v) is 11.4. The average molecular weight is 290 g/mol. The van der Waals surface area contributed by atoms with E-state index in [2.05, 4.69) is 0 Å². The van der Waals surface area contributed by atoms with E-state index in [1.807, 2.05) is 42.5 Å². The van der Waals surface area contributed by atoms with Crippen LogP contribution >= 0.6 is 0 Å². The van der Waals surface area contributed by atoms with Gasteiger partial charge in [-0.1, -0.05) is 36.4 Å². The maximum Gasteiger partial charge on any atom is 0.202 e. The normalized spacial score (nSPS) is 29.5. The number of hydrogen-bond donors (Lipinski definition) is 3. The van der Waals surface area contributed by atoms with E-state index in [-0.39, 0.29) is 13.0 Å². The van der Waals surface area contributed by atoms with Gasteiger partial charge in [0.25, 0.3) is 0 Å². The predicted molar refractivity (Wildman–Crippen MR) is 77.0 cm³/mol. The van der Waals surface area contributed by atoms with Crippen molar-refractivity contribution in [2.24, 2.45) is 0 Å². The molecule has 0 saturated carbocycles. The quantitative estimate of drug-likeness (QED) is 0.787. The van der Waals surface area contributed by atoms with Gasteiger partial charge in [0.2, 0.25) is 6.29 Å². The van der Waals surface area contributed by atoms with Crippen molar-refractivity contribution < 1.29 is 24.8 Å². The summed E-state index contributed by atoms with van der Waals surface area (Å²) in [4.78, 5) is 0. The molecule has 0 radical (unpaired) electrons. The summed E-state index contributed by atoms with van der Waals surface area (Å²) in [5.41, 5.74) is 0. The highest BCUT2D eigenvalue weighted by atomic mass is 16.7. The Morgan fingerprint density at radius 3 is 2.67 bits per heavy atom. The molecule has 2 aromatic rings. The van der Waals surface area contributed by atoms with E-state index in [1.54, 1.807) is 0 Å². The van der Waals surface area contributed by atoms with Crippen LogP contribution in [0.5, 0.6) is 5.75 Å². The first-order valence-corrected chi connectivity index (χ1v) is 6.96. The Labute approximate surface area is 122 Å². The fourth-order valence-electron chi connectivity index (χ4n) is 2.58. The van der Waals surface area contributed by atoms with E-state index in [0.717, 1.165) is 10.8 Å². The third-order valence-electron chi connectivity index (χ3n) is 3.72. The summed E-state index contributed by atoms with van der Waals surface area (Å²) in [6.45, 7) is -0.367. The molecule has 1 fully saturated rings. The van der Waals surface area contributed by atoms with E-state index in [1.165, 1.54) is 0 Å². The minimum absolute atomic E-state index is 0.154. The van der Waals surface area contributed by atoms with Crippen LogP contribution in [0.25, 0.3) is 10.8 Å². The molecule has 0 spiro atoms. The van der Waals surface area contributed by atoms with Gasteiger partial charge in [-0.25, -0.2) is 0 Å². The standard InChI is InChI=1S/C16H18O5/c17-9-14-16(19)12(18)8-15(21-14)20-13-7-3-5-10-4-1-2-6-11(10)13/h1-7,12,14-19H,8-9H2/t12-,14-,15+,16-/m1/s1. The van der Waals surface area contributed by atoms with Crippen LogP contribution in [0.3, 0.4) is 0 Å². The second kappa shape index (κ2) is 5.99. The van der Waals surface area contributed by atoms with Gasteiger partial charge in [0, 0.05) is 11.8 Å². The fourth-order valence-corrected chi connectivity index (χ4v) is 2.58. The molecule has 0 unspecified atom stereocenters. The first kappa shape index (κ1) is 14.3. The molecule has 4 atom stereocenters. The number of hydrogen-bond acceptors (Lipinski definition) is 5. The van der Waals surface area contributed by atoms with Crippen molar-refractivity contribution in [3.63, 3.8) is 0 Å². The third-order valence-corrected chi connectivity index (χ3v) is 3.72. The molecule has 5 heteroatoms. The van der Waals surface area contributed by atoms with Gasteiger partial charge in [0.05, 0.1) is 12.7 Å². The first-order chi connectivity index (χ1) is 10.2. The molecule has 1 aliphatic rings. The number of ether oxygens (including phenoxy) is 2. The van der Waals surface area contributed by atoms with Crippen molar-refractivity contribution in [2.45, 2.75) is 31.0 Å². The van der Waals surface area contributed by atoms with Crippen molar-refractivity contribution in [1.29, 1.82) is 0 Å². The summed E-state index contributed by atoms with van der Waals surface area (Å²) in [6.07, 6.45) is -3.46. The molecule has 3 N–H and O–H groups in total. The molecule has 0 bridgehead atoms. The molecular formula is C16H18O5. The Bertz CT molecular complexity index is 609. The van der Waals surface area contributed by atoms with Crippen molar-refractivity contribution in [1.82, 2.24) is 0 Å². The van der Waals surface area contributed by atoms with Gasteiger partial charge < -0.3 is 24.8 Å². The Hall–Kier alpha value is -1.66. The summed E-state index contributed by atoms with van der Waals surface area (Å²) in [5.74, 6) is 0.651. The molecule has 1 aliphatic heterocycles. The van der Waals surface area contributed by atoms with Crippen LogP contribution in [0.15, 0.2) is 42.5 Å². The molecule has 5 nitrogen and oxygen atoms in total. The maximum atomic E-state index is 9.82. The van der Waals surface area contributed by atoms with E-state index >= 15 is 0 Å². The average Bonchev–Trinajstić information content (AvgIpc) is 2.51. The van der Waals surface area contributed by atoms with Crippen LogP contribution in [-0.2, 0) is 4.74 Å². The number of fused-ring (bicyclic) bond motifs is 1. The van der Waals surface area contributed by atoms with Crippen LogP contribution in [0.4, 0.5) is 0 Å². The molecular weight excluding hydrogens is 272 g/mol. The highest BCUT2D eigenvalue weighted by molar-refractivity contribution is 5.88. The lowest BCUT2D eigenvalue weighted by Gasteiger charge is -2.36. The number of rotatable bonds is 3. The second-order valence-electron chi connectivity index (χ2n) is 5.18. The molecule has 1 heterocycles. The Balaban J connectivity index is 1.82. The van der Waals surface area contributed by atoms with Crippen molar-refractivity contribution in [2.75, 3.05) is 6.61 Å². The minimum Gasteiger partial charge on any atom is -0.464 e. The first-order valence-electron chi connectivity index (χ1n) is 6.96. The molecule has 1 saturated heterocycles. The summed E-state index contributed by atoms with van der Waals surface area (Å²) < 4.78 is 11.3. The molecule has 0 aliphatic carbocycles. The molecule has 112 valence electrons. The molecule has 2 aromatic carbocycles. The summed E-state index contributed by atoms with van der Waals surface area (Å²) in [6, 6.07) is 13.5. The monoisotopic (exact) mass is 290 g/mol. The van der Waals surface area contributed by atoms with Gasteiger partial charge >= 0.3 is 0 Å². The van der Waals surface area contributed by atoms with E-state index in [0.29, 0.717) is 5.75 Å². The number of aliphatic hydroxyl groups is 3. The lowest BCUT2D eigenvalue weighted by Crippen LogP contribution is -2.51. The topological polar surface area (TPSA) is 79.2 Å². The van der Waals surface area contributed by atoms with Crippen LogP contribution in [0.1, 0.15) is 6.42 Å². The predicted octanol–water partition coefficient (Wildman–Crippen LogP) is 1.05. The zero-order chi connectivity index (χ0) is 14.8. The molecule has 21 heavy (non-hydrogen) atoms. The van der Waals surface area contributed by atoms with E-state index < -0.39 is 24.6 Å². The summed E-state index contributed by atoms with van der Waals surface area (Å²) >= 11 is 0. The van der Waals surface area contributed by atoms with Gasteiger partial charge in [-0.15, -0.1) is 0 Å². The fraction of sp³-hybridized carbons (Fsp3) is 0.375. The molecule has 0 amide bonds. The van der Waals surface area contributed by atoms with Crippen LogP contribution in [0.2, 0.25) is 0 Å². The zero-order valence-electron chi connectivity index (χ0n) is 11.4. The van der Waals surface area contributed by atoms with Crippen LogP contribution in [0, 0.1) is 0 Å². The van der Waals surface area contributed by atoms with Crippen molar-refractivity contribution >= 4 is 10.8 Å². The van der Waals surface area contributed by atoms with Crippen LogP contribution in [-0.4, -0.2) is 46.5 Å². The number of benzene rings is 2. The maximum absolute atomic E-state index is 9.82. The molecule has 3 rings (SSSR count). The summed E-state index contributed by atoms with van der Waals surface area (Å²) in [7, 11) is 0. The van der Waals surface area contributed by atoms with Gasteiger partial charge in [0.1, 0.15) is 18.0 Å². The highest BCUT2D eigenvalue weighted by Crippen LogP contribution is 2.29. The smallest absolute Gasteiger partial charge is 0.202 e. The summed E-state index contributed by atoms with van der Waals surface area (Å²) in [5, 5.41) is 30.7. The van der Waals surface area contributed by atoms with E-state index in [9.17, 15) is 15.3 Å². The minimum atomic E-state index is -1.10. The lowest BCUT2D eigenvalue weighted by atomic mass is 10.0. The Morgan fingerprint density at radius 2 is 1.86 bits per heavy atom. The van der Waals surface area contributed by atoms with E-state index in [4.69, 9.17) is 9.47 Å². The molecule has 0 aromatic heterocycles. The van der Waals surface area contributed by atoms with Gasteiger partial charge in [-0.3, -0.25) is 0 Å². The van der Waals surface area contributed by atoms with Crippen molar-refractivity contribution in [3.8, 4) is 5.75 Å². The highest BCUT2D eigenvalue weighted by Gasteiger charge is 2.37. The van der Waals surface area contributed by atoms with Gasteiger partial charge in [-0.05, 0) is 11.5 Å². The number of aliphatic hydroxyl groups excluding tert-OH is 3.